The number of hydrogen-bond donors (Lipinski definition) is 2. The zero-order valence-corrected chi connectivity index (χ0v) is 22.6. The summed E-state index contributed by atoms with van der Waals surface area (Å²) in [7, 11) is 0. The zero-order chi connectivity index (χ0) is 27.2. The van der Waals surface area contributed by atoms with Crippen molar-refractivity contribution in [3.05, 3.63) is 66.2 Å². The number of amides is 2. The number of rotatable bonds is 5. The van der Waals surface area contributed by atoms with Gasteiger partial charge in [-0.15, -0.1) is 10.2 Å². The van der Waals surface area contributed by atoms with Gasteiger partial charge in [0.05, 0.1) is 6.54 Å². The number of carbonyl (C=O) groups is 2. The molecule has 8 heteroatoms. The van der Waals surface area contributed by atoms with Crippen LogP contribution in [0.1, 0.15) is 63.9 Å². The van der Waals surface area contributed by atoms with E-state index in [2.05, 4.69) is 39.8 Å². The number of hydrogen-bond acceptors (Lipinski definition) is 6. The number of cyclic esters (lactones) is 1. The van der Waals surface area contributed by atoms with E-state index in [1.807, 2.05) is 41.3 Å². The Morgan fingerprint density at radius 2 is 1.69 bits per heavy atom. The molecule has 2 aromatic carbocycles. The average molecular weight is 528 g/mol. The fourth-order valence-electron chi connectivity index (χ4n) is 5.62. The van der Waals surface area contributed by atoms with Crippen LogP contribution in [0.2, 0.25) is 0 Å². The van der Waals surface area contributed by atoms with Gasteiger partial charge in [0.25, 0.3) is 0 Å². The third-order valence-electron chi connectivity index (χ3n) is 7.97. The van der Waals surface area contributed by atoms with E-state index in [0.29, 0.717) is 18.5 Å². The van der Waals surface area contributed by atoms with E-state index in [1.54, 1.807) is 0 Å². The van der Waals surface area contributed by atoms with Crippen LogP contribution in [0.15, 0.2) is 60.7 Å². The minimum atomic E-state index is -0.179. The van der Waals surface area contributed by atoms with Gasteiger partial charge in [-0.3, -0.25) is 4.79 Å². The normalized spacial score (nSPS) is 18.4. The van der Waals surface area contributed by atoms with Crippen LogP contribution in [0, 0.1) is 0 Å². The van der Waals surface area contributed by atoms with Crippen molar-refractivity contribution in [3.8, 4) is 22.4 Å². The second-order valence-electron chi connectivity index (χ2n) is 10.7. The molecule has 8 nitrogen and oxygen atoms in total. The molecule has 6 rings (SSSR count). The van der Waals surface area contributed by atoms with Gasteiger partial charge in [-0.05, 0) is 49.3 Å². The maximum Gasteiger partial charge on any atom is 0.410 e. The predicted octanol–water partition coefficient (Wildman–Crippen LogP) is 5.88. The number of nitrogens with two attached hydrogens (primary N) is 1. The van der Waals surface area contributed by atoms with Crippen LogP contribution < -0.4 is 11.1 Å². The van der Waals surface area contributed by atoms with Crippen molar-refractivity contribution in [3.63, 3.8) is 0 Å². The summed E-state index contributed by atoms with van der Waals surface area (Å²) in [6, 6.07) is 20.6. The van der Waals surface area contributed by atoms with E-state index in [-0.39, 0.29) is 17.5 Å². The molecule has 2 heterocycles. The first-order chi connectivity index (χ1) is 18.9. The fourth-order valence-corrected chi connectivity index (χ4v) is 5.62. The van der Waals surface area contributed by atoms with Gasteiger partial charge in [0.1, 0.15) is 12.3 Å². The Kier molecular flexibility index (Phi) is 8.21. The SMILES string of the molecule is CC(=O)Nc1cc(-c2ccccc2)c(-c2ccc(C3(N)CCC3)cc2)nn1.O=C1OCCN1C1CCCCC1. The molecular weight excluding hydrogens is 490 g/mol. The summed E-state index contributed by atoms with van der Waals surface area (Å²) >= 11 is 0. The van der Waals surface area contributed by atoms with Crippen LogP contribution in [-0.2, 0) is 15.1 Å². The highest BCUT2D eigenvalue weighted by Gasteiger charge is 2.34. The molecule has 39 heavy (non-hydrogen) atoms. The van der Waals surface area contributed by atoms with Crippen LogP contribution in [0.4, 0.5) is 10.6 Å². The second kappa shape index (κ2) is 11.9. The summed E-state index contributed by atoms with van der Waals surface area (Å²) in [6.45, 7) is 2.86. The van der Waals surface area contributed by atoms with E-state index >= 15 is 0 Å². The van der Waals surface area contributed by atoms with Gasteiger partial charge >= 0.3 is 6.09 Å². The number of benzene rings is 2. The Morgan fingerprint density at radius 3 is 2.28 bits per heavy atom. The molecule has 1 aromatic heterocycles. The lowest BCUT2D eigenvalue weighted by molar-refractivity contribution is -0.114. The van der Waals surface area contributed by atoms with Crippen molar-refractivity contribution in [1.29, 1.82) is 0 Å². The van der Waals surface area contributed by atoms with E-state index in [4.69, 9.17) is 10.5 Å². The maximum absolute atomic E-state index is 11.4. The van der Waals surface area contributed by atoms with E-state index < -0.39 is 0 Å². The Bertz CT molecular complexity index is 1290. The van der Waals surface area contributed by atoms with E-state index in [1.165, 1.54) is 51.0 Å². The zero-order valence-electron chi connectivity index (χ0n) is 22.6. The fraction of sp³-hybridized carbons (Fsp3) is 0.419. The standard InChI is InChI=1S/C22H22N4O.C9H15NO2/c1-15(27)24-20-14-19(16-6-3-2-4-7-16)21(26-25-20)17-8-10-18(11-9-17)22(23)12-5-13-22;11-9-10(6-7-12-9)8-4-2-1-3-5-8/h2-4,6-11,14H,5,12-13,23H2,1H3,(H,24,25,27);8H,1-7H2. The summed E-state index contributed by atoms with van der Waals surface area (Å²) in [5.41, 5.74) is 11.1. The van der Waals surface area contributed by atoms with Crippen molar-refractivity contribution in [1.82, 2.24) is 15.1 Å². The number of nitrogens with one attached hydrogen (secondary N) is 1. The first kappa shape index (κ1) is 26.8. The van der Waals surface area contributed by atoms with Gasteiger partial charge in [-0.1, -0.05) is 73.9 Å². The van der Waals surface area contributed by atoms with Gasteiger partial charge in [-0.25, -0.2) is 4.79 Å². The summed E-state index contributed by atoms with van der Waals surface area (Å²) in [5.74, 6) is 0.270. The maximum atomic E-state index is 11.4. The Hall–Kier alpha value is -3.78. The Balaban J connectivity index is 0.000000214. The molecule has 2 amide bonds. The molecule has 2 aliphatic carbocycles. The van der Waals surface area contributed by atoms with Crippen LogP contribution in [0.3, 0.4) is 0 Å². The number of nitrogens with zero attached hydrogens (tertiary/aromatic N) is 3. The first-order valence-corrected chi connectivity index (χ1v) is 14.0. The number of aromatic nitrogens is 2. The first-order valence-electron chi connectivity index (χ1n) is 14.0. The third-order valence-corrected chi connectivity index (χ3v) is 7.97. The third kappa shape index (κ3) is 6.28. The number of carbonyl (C=O) groups excluding carboxylic acids is 2. The van der Waals surface area contributed by atoms with Crippen LogP contribution in [0.25, 0.3) is 22.4 Å². The highest BCUT2D eigenvalue weighted by Crippen LogP contribution is 2.39. The molecule has 1 aliphatic heterocycles. The van der Waals surface area contributed by atoms with E-state index in [0.717, 1.165) is 41.8 Å². The van der Waals surface area contributed by atoms with E-state index in [9.17, 15) is 9.59 Å². The van der Waals surface area contributed by atoms with Crippen molar-refractivity contribution >= 4 is 17.8 Å². The lowest BCUT2D eigenvalue weighted by Crippen LogP contribution is -2.43. The molecule has 2 saturated carbocycles. The van der Waals surface area contributed by atoms with Crippen molar-refractivity contribution in [2.24, 2.45) is 5.73 Å². The molecule has 1 saturated heterocycles. The van der Waals surface area contributed by atoms with Crippen molar-refractivity contribution < 1.29 is 14.3 Å². The number of anilines is 1. The molecular formula is C31H37N5O3. The van der Waals surface area contributed by atoms with Gasteiger partial charge in [0.2, 0.25) is 5.91 Å². The van der Waals surface area contributed by atoms with Gasteiger partial charge in [0.15, 0.2) is 5.82 Å². The number of ether oxygens (including phenoxy) is 1. The van der Waals surface area contributed by atoms with Crippen LogP contribution >= 0.6 is 0 Å². The molecule has 3 aromatic rings. The molecule has 3 aliphatic rings. The minimum Gasteiger partial charge on any atom is -0.448 e. The molecule has 0 unspecified atom stereocenters. The molecule has 0 radical (unpaired) electrons. The average Bonchev–Trinajstić information content (AvgIpc) is 3.38. The largest absolute Gasteiger partial charge is 0.448 e. The molecule has 0 atom stereocenters. The smallest absolute Gasteiger partial charge is 0.410 e. The van der Waals surface area contributed by atoms with Gasteiger partial charge in [0, 0.05) is 29.6 Å². The second-order valence-corrected chi connectivity index (χ2v) is 10.7. The van der Waals surface area contributed by atoms with Crippen molar-refractivity contribution in [2.45, 2.75) is 69.9 Å². The summed E-state index contributed by atoms with van der Waals surface area (Å²) in [5, 5.41) is 11.3. The van der Waals surface area contributed by atoms with Crippen LogP contribution in [0.5, 0.6) is 0 Å². The van der Waals surface area contributed by atoms with Gasteiger partial charge in [-0.2, -0.15) is 0 Å². The quantitative estimate of drug-likeness (QED) is 0.429. The highest BCUT2D eigenvalue weighted by atomic mass is 16.6. The monoisotopic (exact) mass is 527 g/mol. The van der Waals surface area contributed by atoms with Gasteiger partial charge < -0.3 is 20.7 Å². The molecule has 0 bridgehead atoms. The van der Waals surface area contributed by atoms with Crippen molar-refractivity contribution in [2.75, 3.05) is 18.5 Å². The molecule has 204 valence electrons. The Morgan fingerprint density at radius 1 is 0.974 bits per heavy atom. The summed E-state index contributed by atoms with van der Waals surface area (Å²) in [6.07, 6.45) is 9.39. The van der Waals surface area contributed by atoms with Crippen LogP contribution in [-0.4, -0.2) is 46.3 Å². The topological polar surface area (TPSA) is 110 Å². The molecule has 3 N–H and O–H groups in total. The molecule has 3 fully saturated rings. The summed E-state index contributed by atoms with van der Waals surface area (Å²) < 4.78 is 4.91. The lowest BCUT2D eigenvalue weighted by Gasteiger charge is -2.38. The molecule has 0 spiro atoms. The highest BCUT2D eigenvalue weighted by molar-refractivity contribution is 5.90. The summed E-state index contributed by atoms with van der Waals surface area (Å²) in [4.78, 5) is 24.5. The minimum absolute atomic E-state index is 0.0955. The lowest BCUT2D eigenvalue weighted by atomic mass is 9.72. The predicted molar refractivity (Wildman–Crippen MR) is 152 cm³/mol. The Labute approximate surface area is 230 Å².